The Labute approximate surface area is 93.6 Å². The van der Waals surface area contributed by atoms with Crippen LogP contribution in [0, 0.1) is 0 Å². The van der Waals surface area contributed by atoms with E-state index in [0.29, 0.717) is 5.02 Å². The number of halogens is 1. The summed E-state index contributed by atoms with van der Waals surface area (Å²) < 4.78 is 4.72. The monoisotopic (exact) mass is 225 g/mol. The molecule has 0 bridgehead atoms. The Bertz CT molecular complexity index is 381. The first kappa shape index (κ1) is 10.3. The molecule has 0 aliphatic carbocycles. The van der Waals surface area contributed by atoms with Crippen LogP contribution in [0.15, 0.2) is 24.3 Å². The molecule has 4 heteroatoms. The van der Waals surface area contributed by atoms with E-state index in [-0.39, 0.29) is 12.0 Å². The molecule has 0 aromatic heterocycles. The van der Waals surface area contributed by atoms with Gasteiger partial charge < -0.3 is 9.64 Å². The van der Waals surface area contributed by atoms with E-state index in [2.05, 4.69) is 0 Å². The molecule has 1 atom stereocenters. The highest BCUT2D eigenvalue weighted by Gasteiger charge is 2.35. The van der Waals surface area contributed by atoms with E-state index in [1.54, 1.807) is 0 Å². The third kappa shape index (κ3) is 1.79. The minimum absolute atomic E-state index is 0.171. The molecule has 0 radical (unpaired) electrons. The lowest BCUT2D eigenvalue weighted by Crippen LogP contribution is -2.53. The Morgan fingerprint density at radius 1 is 1.53 bits per heavy atom. The minimum atomic E-state index is -0.193. The third-order valence-electron chi connectivity index (χ3n) is 2.65. The summed E-state index contributed by atoms with van der Waals surface area (Å²) in [7, 11) is 1.41. The molecule has 80 valence electrons. The molecular formula is C11H12ClNO2. The van der Waals surface area contributed by atoms with Crippen molar-refractivity contribution in [2.75, 3.05) is 18.6 Å². The van der Waals surface area contributed by atoms with Crippen molar-refractivity contribution in [3.05, 3.63) is 29.3 Å². The van der Waals surface area contributed by atoms with Crippen molar-refractivity contribution in [1.29, 1.82) is 0 Å². The van der Waals surface area contributed by atoms with E-state index in [1.807, 2.05) is 29.2 Å². The van der Waals surface area contributed by atoms with Gasteiger partial charge in [0.15, 0.2) is 0 Å². The van der Waals surface area contributed by atoms with Gasteiger partial charge in [-0.15, -0.1) is 0 Å². The summed E-state index contributed by atoms with van der Waals surface area (Å²) in [4.78, 5) is 13.3. The maximum atomic E-state index is 11.4. The normalized spacial score (nSPS) is 19.6. The first-order valence-electron chi connectivity index (χ1n) is 4.83. The number of methoxy groups -OCH3 is 1. The lowest BCUT2D eigenvalue weighted by atomic mass is 10.0. The van der Waals surface area contributed by atoms with Gasteiger partial charge in [0.25, 0.3) is 0 Å². The first-order valence-corrected chi connectivity index (χ1v) is 5.21. The molecule has 1 unspecified atom stereocenters. The third-order valence-corrected chi connectivity index (χ3v) is 2.97. The largest absolute Gasteiger partial charge is 0.467 e. The zero-order chi connectivity index (χ0) is 10.8. The number of hydrogen-bond acceptors (Lipinski definition) is 3. The maximum Gasteiger partial charge on any atom is 0.328 e. The van der Waals surface area contributed by atoms with E-state index in [1.165, 1.54) is 7.11 Å². The van der Waals surface area contributed by atoms with Crippen molar-refractivity contribution in [3.63, 3.8) is 0 Å². The number of para-hydroxylation sites is 1. The van der Waals surface area contributed by atoms with Crippen molar-refractivity contribution in [2.45, 2.75) is 12.5 Å². The Hall–Kier alpha value is -1.22. The van der Waals surface area contributed by atoms with Crippen LogP contribution in [0.2, 0.25) is 5.02 Å². The van der Waals surface area contributed by atoms with Gasteiger partial charge in [-0.25, -0.2) is 4.79 Å². The summed E-state index contributed by atoms with van der Waals surface area (Å²) in [5.74, 6) is -0.193. The molecule has 0 N–H and O–H groups in total. The Morgan fingerprint density at radius 2 is 2.27 bits per heavy atom. The highest BCUT2D eigenvalue weighted by atomic mass is 35.5. The van der Waals surface area contributed by atoms with Crippen LogP contribution in [0.1, 0.15) is 6.42 Å². The molecule has 1 aliphatic rings. The van der Waals surface area contributed by atoms with Crippen LogP contribution in [0.25, 0.3) is 0 Å². The van der Waals surface area contributed by atoms with Crippen LogP contribution in [-0.2, 0) is 9.53 Å². The average molecular weight is 226 g/mol. The maximum absolute atomic E-state index is 11.4. The summed E-state index contributed by atoms with van der Waals surface area (Å²) in [5.41, 5.74) is 0.904. The fourth-order valence-electron chi connectivity index (χ4n) is 1.74. The number of esters is 1. The lowest BCUT2D eigenvalue weighted by molar-refractivity contribution is -0.143. The van der Waals surface area contributed by atoms with Crippen LogP contribution in [0.3, 0.4) is 0 Å². The molecule has 0 saturated carbocycles. The predicted octanol–water partition coefficient (Wildman–Crippen LogP) is 2.09. The van der Waals surface area contributed by atoms with Gasteiger partial charge in [-0.3, -0.25) is 0 Å². The second kappa shape index (κ2) is 4.11. The second-order valence-electron chi connectivity index (χ2n) is 3.47. The molecule has 15 heavy (non-hydrogen) atoms. The number of hydrogen-bond donors (Lipinski definition) is 0. The van der Waals surface area contributed by atoms with Crippen LogP contribution >= 0.6 is 11.6 Å². The molecular weight excluding hydrogens is 214 g/mol. The van der Waals surface area contributed by atoms with Crippen molar-refractivity contribution in [1.82, 2.24) is 0 Å². The van der Waals surface area contributed by atoms with Crippen molar-refractivity contribution in [2.24, 2.45) is 0 Å². The summed E-state index contributed by atoms with van der Waals surface area (Å²) in [6.45, 7) is 0.851. The van der Waals surface area contributed by atoms with E-state index >= 15 is 0 Å². The van der Waals surface area contributed by atoms with Gasteiger partial charge >= 0.3 is 5.97 Å². The first-order chi connectivity index (χ1) is 7.24. The highest BCUT2D eigenvalue weighted by Crippen LogP contribution is 2.32. The molecule has 1 aliphatic heterocycles. The van der Waals surface area contributed by atoms with Crippen molar-refractivity contribution < 1.29 is 9.53 Å². The van der Waals surface area contributed by atoms with Crippen LogP contribution in [0.5, 0.6) is 0 Å². The zero-order valence-corrected chi connectivity index (χ0v) is 9.20. The number of ether oxygens (including phenoxy) is 1. The predicted molar refractivity (Wildman–Crippen MR) is 59.2 cm³/mol. The Kier molecular flexibility index (Phi) is 2.82. The number of anilines is 1. The van der Waals surface area contributed by atoms with E-state index in [0.717, 1.165) is 18.7 Å². The standard InChI is InChI=1S/C11H12ClNO2/c1-15-11(14)10-6-7-13(10)9-5-3-2-4-8(9)12/h2-5,10H,6-7H2,1H3. The van der Waals surface area contributed by atoms with Gasteiger partial charge in [-0.2, -0.15) is 0 Å². The number of rotatable bonds is 2. The minimum Gasteiger partial charge on any atom is -0.467 e. The summed E-state index contributed by atoms with van der Waals surface area (Å²) in [5, 5.41) is 0.672. The van der Waals surface area contributed by atoms with Crippen LogP contribution in [0.4, 0.5) is 5.69 Å². The van der Waals surface area contributed by atoms with Gasteiger partial charge in [0.1, 0.15) is 6.04 Å². The Balaban J connectivity index is 2.19. The van der Waals surface area contributed by atoms with E-state index in [4.69, 9.17) is 16.3 Å². The molecule has 3 nitrogen and oxygen atoms in total. The molecule has 2 rings (SSSR count). The summed E-state index contributed by atoms with van der Waals surface area (Å²) >= 11 is 6.05. The van der Waals surface area contributed by atoms with Crippen molar-refractivity contribution >= 4 is 23.3 Å². The average Bonchev–Trinajstić information content (AvgIpc) is 2.19. The smallest absolute Gasteiger partial charge is 0.328 e. The van der Waals surface area contributed by atoms with Crippen molar-refractivity contribution in [3.8, 4) is 0 Å². The fraction of sp³-hybridized carbons (Fsp3) is 0.364. The summed E-state index contributed by atoms with van der Waals surface area (Å²) in [6, 6.07) is 7.35. The molecule has 1 aromatic rings. The highest BCUT2D eigenvalue weighted by molar-refractivity contribution is 6.33. The van der Waals surface area contributed by atoms with Gasteiger partial charge in [0.2, 0.25) is 0 Å². The van der Waals surface area contributed by atoms with Gasteiger partial charge in [0, 0.05) is 6.54 Å². The lowest BCUT2D eigenvalue weighted by Gasteiger charge is -2.41. The van der Waals surface area contributed by atoms with Crippen LogP contribution < -0.4 is 4.90 Å². The number of carbonyl (C=O) groups excluding carboxylic acids is 1. The molecule has 0 amide bonds. The molecule has 1 heterocycles. The molecule has 1 fully saturated rings. The molecule has 1 aromatic carbocycles. The topological polar surface area (TPSA) is 29.5 Å². The van der Waals surface area contributed by atoms with Gasteiger partial charge in [0.05, 0.1) is 17.8 Å². The number of carbonyl (C=O) groups is 1. The summed E-state index contributed by atoms with van der Waals surface area (Å²) in [6.07, 6.45) is 0.831. The van der Waals surface area contributed by atoms with Gasteiger partial charge in [-0.1, -0.05) is 23.7 Å². The zero-order valence-electron chi connectivity index (χ0n) is 8.44. The van der Waals surface area contributed by atoms with E-state index in [9.17, 15) is 4.79 Å². The molecule has 0 spiro atoms. The van der Waals surface area contributed by atoms with Crippen LogP contribution in [-0.4, -0.2) is 25.7 Å². The number of nitrogens with zero attached hydrogens (tertiary/aromatic N) is 1. The number of benzene rings is 1. The quantitative estimate of drug-likeness (QED) is 0.722. The SMILES string of the molecule is COC(=O)C1CCN1c1ccccc1Cl. The van der Waals surface area contributed by atoms with E-state index < -0.39 is 0 Å². The Morgan fingerprint density at radius 3 is 2.80 bits per heavy atom. The fourth-order valence-corrected chi connectivity index (χ4v) is 1.99. The molecule has 1 saturated heterocycles. The van der Waals surface area contributed by atoms with Gasteiger partial charge in [-0.05, 0) is 18.6 Å². The second-order valence-corrected chi connectivity index (χ2v) is 3.88.